The molecule has 0 bridgehead atoms. The molecule has 0 spiro atoms. The summed E-state index contributed by atoms with van der Waals surface area (Å²) in [6.07, 6.45) is 6.91. The summed E-state index contributed by atoms with van der Waals surface area (Å²) in [6.45, 7) is 2.66. The van der Waals surface area contributed by atoms with Gasteiger partial charge in [0.2, 0.25) is 0 Å². The van der Waals surface area contributed by atoms with E-state index in [2.05, 4.69) is 46.1 Å². The third-order valence-corrected chi connectivity index (χ3v) is 6.45. The summed E-state index contributed by atoms with van der Waals surface area (Å²) in [5.41, 5.74) is 1.74. The van der Waals surface area contributed by atoms with Crippen LogP contribution in [0.5, 0.6) is 11.5 Å². The van der Waals surface area contributed by atoms with Crippen molar-refractivity contribution >= 4 is 55.7 Å². The van der Waals surface area contributed by atoms with Crippen molar-refractivity contribution in [2.24, 2.45) is 0 Å². The molecule has 33 heavy (non-hydrogen) atoms. The summed E-state index contributed by atoms with van der Waals surface area (Å²) >= 11 is 4.43. The number of halogens is 1. The van der Waals surface area contributed by atoms with Crippen LogP contribution < -0.4 is 9.47 Å². The summed E-state index contributed by atoms with van der Waals surface area (Å²) in [6, 6.07) is 18.0. The molecule has 1 saturated heterocycles. The van der Waals surface area contributed by atoms with E-state index in [9.17, 15) is 9.59 Å². The average molecular weight is 522 g/mol. The van der Waals surface area contributed by atoms with E-state index in [0.717, 1.165) is 27.6 Å². The number of hydrogen-bond acceptors (Lipinski definition) is 5. The second-order valence-electron chi connectivity index (χ2n) is 7.21. The Labute approximate surface area is 204 Å². The Morgan fingerprint density at radius 3 is 2.64 bits per heavy atom. The number of terminal acetylenes is 1. The van der Waals surface area contributed by atoms with E-state index in [-0.39, 0.29) is 11.8 Å². The predicted molar refractivity (Wildman–Crippen MR) is 135 cm³/mol. The van der Waals surface area contributed by atoms with Gasteiger partial charge in [-0.1, -0.05) is 42.3 Å². The first-order valence-electron chi connectivity index (χ1n) is 10.3. The van der Waals surface area contributed by atoms with Crippen LogP contribution in [-0.2, 0) is 11.4 Å². The fourth-order valence-electron chi connectivity index (χ4n) is 3.44. The minimum atomic E-state index is -0.395. The zero-order valence-corrected chi connectivity index (χ0v) is 20.2. The standard InChI is InChI=1S/C26H20BrNO4S/c1-3-11-28-25(29)23(33-26(28)30)15-18-13-21(27)24(22(14-18)31-4-2)32-16-17-9-10-19-7-5-6-8-20(19)12-17/h1,5-10,12-15H,4,11,16H2,2H3/b23-15+. The largest absolute Gasteiger partial charge is 0.490 e. The summed E-state index contributed by atoms with van der Waals surface area (Å²) < 4.78 is 12.6. The zero-order chi connectivity index (χ0) is 23.4. The maximum atomic E-state index is 12.5. The highest BCUT2D eigenvalue weighted by Crippen LogP contribution is 2.39. The Morgan fingerprint density at radius 1 is 1.09 bits per heavy atom. The molecule has 0 radical (unpaired) electrons. The highest BCUT2D eigenvalue weighted by Gasteiger charge is 2.34. The number of benzene rings is 3. The van der Waals surface area contributed by atoms with Gasteiger partial charge < -0.3 is 9.47 Å². The molecule has 1 aliphatic rings. The van der Waals surface area contributed by atoms with Crippen molar-refractivity contribution in [1.29, 1.82) is 0 Å². The fourth-order valence-corrected chi connectivity index (χ4v) is 4.85. The summed E-state index contributed by atoms with van der Waals surface area (Å²) in [5.74, 6) is 3.05. The Bertz CT molecular complexity index is 1310. The van der Waals surface area contributed by atoms with E-state index in [0.29, 0.717) is 39.7 Å². The number of amides is 2. The molecule has 0 aliphatic carbocycles. The number of hydrogen-bond donors (Lipinski definition) is 0. The smallest absolute Gasteiger partial charge is 0.294 e. The number of rotatable bonds is 7. The minimum Gasteiger partial charge on any atom is -0.490 e. The molecule has 1 aliphatic heterocycles. The Hall–Kier alpha value is -3.21. The van der Waals surface area contributed by atoms with Gasteiger partial charge in [0.25, 0.3) is 11.1 Å². The summed E-state index contributed by atoms with van der Waals surface area (Å²) in [7, 11) is 0. The van der Waals surface area contributed by atoms with Crippen LogP contribution in [0, 0.1) is 12.3 Å². The number of carbonyl (C=O) groups is 2. The normalized spacial score (nSPS) is 14.7. The second-order valence-corrected chi connectivity index (χ2v) is 9.05. The van der Waals surface area contributed by atoms with Crippen molar-refractivity contribution in [2.45, 2.75) is 13.5 Å². The van der Waals surface area contributed by atoms with Crippen LogP contribution in [0.15, 0.2) is 64.0 Å². The fraction of sp³-hybridized carbons (Fsp3) is 0.154. The molecule has 0 N–H and O–H groups in total. The van der Waals surface area contributed by atoms with Gasteiger partial charge in [0.05, 0.1) is 22.5 Å². The van der Waals surface area contributed by atoms with Crippen molar-refractivity contribution in [3.63, 3.8) is 0 Å². The third kappa shape index (κ3) is 5.08. The molecule has 0 saturated carbocycles. The molecule has 0 aromatic heterocycles. The first kappa shape index (κ1) is 23.0. The molecular weight excluding hydrogens is 502 g/mol. The number of carbonyl (C=O) groups excluding carboxylic acids is 2. The molecule has 7 heteroatoms. The van der Waals surface area contributed by atoms with Gasteiger partial charge in [-0.2, -0.15) is 0 Å². The molecule has 5 nitrogen and oxygen atoms in total. The lowest BCUT2D eigenvalue weighted by Crippen LogP contribution is -2.28. The zero-order valence-electron chi connectivity index (χ0n) is 17.8. The van der Waals surface area contributed by atoms with Crippen LogP contribution in [0.1, 0.15) is 18.1 Å². The minimum absolute atomic E-state index is 0.0442. The van der Waals surface area contributed by atoms with Crippen molar-refractivity contribution in [2.75, 3.05) is 13.2 Å². The SMILES string of the molecule is C#CCN1C(=O)S/C(=C/c2cc(Br)c(OCc3ccc4ccccc4c3)c(OCC)c2)C1=O. The Kier molecular flexibility index (Phi) is 7.07. The van der Waals surface area contributed by atoms with E-state index >= 15 is 0 Å². The topological polar surface area (TPSA) is 55.8 Å². The van der Waals surface area contributed by atoms with E-state index in [4.69, 9.17) is 15.9 Å². The number of ether oxygens (including phenoxy) is 2. The van der Waals surface area contributed by atoms with Crippen LogP contribution in [0.25, 0.3) is 16.8 Å². The molecule has 0 atom stereocenters. The average Bonchev–Trinajstić information content (AvgIpc) is 3.06. The lowest BCUT2D eigenvalue weighted by atomic mass is 10.1. The molecule has 3 aromatic carbocycles. The van der Waals surface area contributed by atoms with Gasteiger partial charge in [-0.15, -0.1) is 6.42 Å². The van der Waals surface area contributed by atoms with Gasteiger partial charge in [0.1, 0.15) is 6.61 Å². The number of fused-ring (bicyclic) bond motifs is 1. The van der Waals surface area contributed by atoms with Crippen molar-refractivity contribution in [3.8, 4) is 23.8 Å². The van der Waals surface area contributed by atoms with Gasteiger partial charge in [-0.3, -0.25) is 14.5 Å². The monoisotopic (exact) mass is 521 g/mol. The Balaban J connectivity index is 1.58. The maximum Gasteiger partial charge on any atom is 0.294 e. The van der Waals surface area contributed by atoms with Crippen LogP contribution in [0.2, 0.25) is 0 Å². The highest BCUT2D eigenvalue weighted by molar-refractivity contribution is 9.10. The lowest BCUT2D eigenvalue weighted by Gasteiger charge is -2.15. The summed E-state index contributed by atoms with van der Waals surface area (Å²) in [4.78, 5) is 25.9. The van der Waals surface area contributed by atoms with E-state index in [1.165, 1.54) is 5.39 Å². The predicted octanol–water partition coefficient (Wildman–Crippen LogP) is 6.25. The molecule has 2 amide bonds. The molecule has 0 unspecified atom stereocenters. The first-order chi connectivity index (χ1) is 16.0. The van der Waals surface area contributed by atoms with E-state index in [1.54, 1.807) is 12.1 Å². The summed E-state index contributed by atoms with van der Waals surface area (Å²) in [5, 5.41) is 1.95. The van der Waals surface area contributed by atoms with Crippen molar-refractivity contribution < 1.29 is 19.1 Å². The molecular formula is C26H20BrNO4S. The van der Waals surface area contributed by atoms with Crippen molar-refractivity contribution in [1.82, 2.24) is 4.90 Å². The maximum absolute atomic E-state index is 12.5. The van der Waals surface area contributed by atoms with Crippen LogP contribution >= 0.6 is 27.7 Å². The molecule has 3 aromatic rings. The van der Waals surface area contributed by atoms with E-state index < -0.39 is 5.91 Å². The van der Waals surface area contributed by atoms with Crippen molar-refractivity contribution in [3.05, 3.63) is 75.1 Å². The molecule has 1 heterocycles. The van der Waals surface area contributed by atoms with Gasteiger partial charge in [0.15, 0.2) is 11.5 Å². The van der Waals surface area contributed by atoms with E-state index in [1.807, 2.05) is 31.2 Å². The molecule has 4 rings (SSSR count). The lowest BCUT2D eigenvalue weighted by molar-refractivity contribution is -0.122. The number of thioether (sulfide) groups is 1. The quantitative estimate of drug-likeness (QED) is 0.271. The Morgan fingerprint density at radius 2 is 1.88 bits per heavy atom. The van der Waals surface area contributed by atoms with Crippen LogP contribution in [0.4, 0.5) is 4.79 Å². The van der Waals surface area contributed by atoms with Crippen LogP contribution in [0.3, 0.4) is 0 Å². The second kappa shape index (κ2) is 10.2. The van der Waals surface area contributed by atoms with Gasteiger partial charge >= 0.3 is 0 Å². The van der Waals surface area contributed by atoms with Crippen LogP contribution in [-0.4, -0.2) is 29.2 Å². The van der Waals surface area contributed by atoms with Gasteiger partial charge in [-0.05, 0) is 80.8 Å². The van der Waals surface area contributed by atoms with Gasteiger partial charge in [-0.25, -0.2) is 0 Å². The highest BCUT2D eigenvalue weighted by atomic mass is 79.9. The number of nitrogens with zero attached hydrogens (tertiary/aromatic N) is 1. The molecule has 1 fully saturated rings. The third-order valence-electron chi connectivity index (χ3n) is 4.95. The first-order valence-corrected chi connectivity index (χ1v) is 11.9. The number of imide groups is 1. The van der Waals surface area contributed by atoms with Gasteiger partial charge in [0, 0.05) is 0 Å². The molecule has 166 valence electrons.